The molecular weight excluding hydrogens is 468 g/mol. The van der Waals surface area contributed by atoms with E-state index in [1.54, 1.807) is 0 Å². The van der Waals surface area contributed by atoms with E-state index in [1.165, 1.54) is 18.3 Å². The van der Waals surface area contributed by atoms with Crippen LogP contribution in [0.15, 0.2) is 23.4 Å². The van der Waals surface area contributed by atoms with Gasteiger partial charge in [0.2, 0.25) is 17.7 Å². The summed E-state index contributed by atoms with van der Waals surface area (Å²) in [7, 11) is 2.10. The molecule has 0 bridgehead atoms. The molecule has 0 aromatic carbocycles. The predicted octanol–water partition coefficient (Wildman–Crippen LogP) is 1.60. The molecule has 0 aliphatic rings. The average molecular weight is 501 g/mol. The zero-order chi connectivity index (χ0) is 25.1. The Morgan fingerprint density at radius 1 is 1.09 bits per heavy atom. The summed E-state index contributed by atoms with van der Waals surface area (Å²) in [5.74, 6) is -1.40. The van der Waals surface area contributed by atoms with Crippen LogP contribution in [-0.4, -0.2) is 51.5 Å². The number of hydrogen-bond acceptors (Lipinski definition) is 9. The highest BCUT2D eigenvalue weighted by Crippen LogP contribution is 2.35. The van der Waals surface area contributed by atoms with Crippen molar-refractivity contribution in [2.45, 2.75) is 63.7 Å². The van der Waals surface area contributed by atoms with E-state index in [9.17, 15) is 24.5 Å². The summed E-state index contributed by atoms with van der Waals surface area (Å²) in [6.07, 6.45) is 2.24. The number of carbonyl (C=O) groups is 3. The Hall–Kier alpha value is -2.38. The molecule has 1 heterocycles. The second-order valence-electron chi connectivity index (χ2n) is 8.34. The molecule has 0 aliphatic heterocycles. The Bertz CT molecular complexity index is 839. The fourth-order valence-electron chi connectivity index (χ4n) is 2.81. The molecule has 1 aromatic heterocycles. The first kappa shape index (κ1) is 28.7. The Labute approximate surface area is 201 Å². The van der Waals surface area contributed by atoms with Gasteiger partial charge in [-0.15, -0.1) is 0 Å². The third-order valence-corrected chi connectivity index (χ3v) is 6.68. The first-order chi connectivity index (χ1) is 15.4. The molecule has 0 saturated heterocycles. The molecule has 6 N–H and O–H groups in total. The smallest absolute Gasteiger partial charge is 0.302 e. The molecule has 1 aromatic rings. The Kier molecular flexibility index (Phi) is 12.2. The maximum absolute atomic E-state index is 12.9. The van der Waals surface area contributed by atoms with Crippen LogP contribution in [0.3, 0.4) is 0 Å². The molecule has 1 rings (SSSR count). The highest BCUT2D eigenvalue weighted by atomic mass is 33.1. The van der Waals surface area contributed by atoms with E-state index in [0.717, 1.165) is 21.6 Å². The van der Waals surface area contributed by atoms with Gasteiger partial charge in [-0.05, 0) is 41.5 Å². The van der Waals surface area contributed by atoms with Gasteiger partial charge in [-0.25, -0.2) is 4.98 Å². The molecule has 0 unspecified atom stereocenters. The minimum atomic E-state index is -1.05. The first-order valence-corrected chi connectivity index (χ1v) is 12.8. The van der Waals surface area contributed by atoms with Crippen molar-refractivity contribution >= 4 is 45.0 Å². The molecule has 3 amide bonds. The van der Waals surface area contributed by atoms with Crippen LogP contribution in [0.5, 0.6) is 0 Å². The highest BCUT2D eigenvalue weighted by molar-refractivity contribution is 8.76. The number of hydrogen-bond donors (Lipinski definition) is 4. The molecule has 0 radical (unpaired) electrons. The van der Waals surface area contributed by atoms with Gasteiger partial charge >= 0.3 is 5.69 Å². The maximum atomic E-state index is 12.9. The maximum Gasteiger partial charge on any atom is 0.302 e. The van der Waals surface area contributed by atoms with Crippen molar-refractivity contribution in [3.8, 4) is 0 Å². The van der Waals surface area contributed by atoms with Crippen LogP contribution in [0.2, 0.25) is 0 Å². The molecule has 3 atom stereocenters. The lowest BCUT2D eigenvalue weighted by Gasteiger charge is -2.24. The number of primary amides is 1. The van der Waals surface area contributed by atoms with Crippen molar-refractivity contribution in [1.29, 1.82) is 0 Å². The van der Waals surface area contributed by atoms with E-state index in [-0.39, 0.29) is 28.3 Å². The van der Waals surface area contributed by atoms with Crippen LogP contribution >= 0.6 is 21.6 Å². The second kappa shape index (κ2) is 14.0. The Balaban J connectivity index is 2.80. The Morgan fingerprint density at radius 3 is 2.24 bits per heavy atom. The third kappa shape index (κ3) is 10.4. The number of aromatic nitrogens is 1. The van der Waals surface area contributed by atoms with E-state index in [1.807, 2.05) is 27.7 Å². The fourth-order valence-corrected chi connectivity index (χ4v) is 5.03. The van der Waals surface area contributed by atoms with Gasteiger partial charge in [0.1, 0.15) is 12.1 Å². The van der Waals surface area contributed by atoms with Gasteiger partial charge in [0, 0.05) is 18.0 Å². The van der Waals surface area contributed by atoms with Crippen LogP contribution in [-0.2, 0) is 14.4 Å². The highest BCUT2D eigenvalue weighted by Gasteiger charge is 2.28. The molecule has 13 heteroatoms. The number of pyridine rings is 1. The van der Waals surface area contributed by atoms with Gasteiger partial charge < -0.3 is 22.1 Å². The number of amides is 3. The summed E-state index contributed by atoms with van der Waals surface area (Å²) in [4.78, 5) is 51.7. The van der Waals surface area contributed by atoms with Crippen LogP contribution in [0, 0.1) is 22.0 Å². The fraction of sp³-hybridized carbons (Fsp3) is 0.600. The predicted molar refractivity (Wildman–Crippen MR) is 129 cm³/mol. The summed E-state index contributed by atoms with van der Waals surface area (Å²) in [5.41, 5.74) is 11.2. The summed E-state index contributed by atoms with van der Waals surface area (Å²) >= 11 is 0. The summed E-state index contributed by atoms with van der Waals surface area (Å²) in [6.45, 7) is 7.69. The summed E-state index contributed by atoms with van der Waals surface area (Å²) in [5, 5.41) is 16.5. The molecule has 11 nitrogen and oxygen atoms in total. The van der Waals surface area contributed by atoms with Crippen LogP contribution in [0.4, 0.5) is 5.69 Å². The molecule has 33 heavy (non-hydrogen) atoms. The van der Waals surface area contributed by atoms with Crippen LogP contribution in [0.25, 0.3) is 0 Å². The zero-order valence-corrected chi connectivity index (χ0v) is 20.8. The van der Waals surface area contributed by atoms with Crippen molar-refractivity contribution in [1.82, 2.24) is 15.6 Å². The zero-order valence-electron chi connectivity index (χ0n) is 19.1. The number of carbonyl (C=O) groups excluding carboxylic acids is 3. The van der Waals surface area contributed by atoms with E-state index in [0.29, 0.717) is 12.8 Å². The van der Waals surface area contributed by atoms with Crippen molar-refractivity contribution in [2.75, 3.05) is 5.75 Å². The number of nitrogens with zero attached hydrogens (tertiary/aromatic N) is 2. The van der Waals surface area contributed by atoms with Crippen molar-refractivity contribution < 1.29 is 19.3 Å². The van der Waals surface area contributed by atoms with Gasteiger partial charge in [-0.1, -0.05) is 38.5 Å². The lowest BCUT2D eigenvalue weighted by atomic mass is 10.0. The SMILES string of the molecule is CC(C)C[C@H](NC(=O)[C@@H](N)CC(C)C)C(=O)N[C@@H](CSSc1ncccc1[N+](=O)[O-])C(N)=O. The van der Waals surface area contributed by atoms with Crippen molar-refractivity contribution in [3.05, 3.63) is 28.4 Å². The molecular formula is C20H32N6O5S2. The number of nitro groups is 1. The van der Waals surface area contributed by atoms with E-state index in [4.69, 9.17) is 11.5 Å². The largest absolute Gasteiger partial charge is 0.368 e. The molecule has 0 spiro atoms. The molecule has 184 valence electrons. The minimum Gasteiger partial charge on any atom is -0.368 e. The van der Waals surface area contributed by atoms with Crippen LogP contribution < -0.4 is 22.1 Å². The van der Waals surface area contributed by atoms with Gasteiger partial charge in [-0.3, -0.25) is 24.5 Å². The normalized spacial score (nSPS) is 13.9. The van der Waals surface area contributed by atoms with E-state index in [2.05, 4.69) is 15.6 Å². The van der Waals surface area contributed by atoms with Gasteiger partial charge in [0.05, 0.1) is 11.0 Å². The topological polar surface area (TPSA) is 183 Å². The third-order valence-electron chi connectivity index (χ3n) is 4.38. The lowest BCUT2D eigenvalue weighted by molar-refractivity contribution is -0.388. The van der Waals surface area contributed by atoms with Gasteiger partial charge in [-0.2, -0.15) is 0 Å². The van der Waals surface area contributed by atoms with Crippen LogP contribution in [0.1, 0.15) is 40.5 Å². The molecule has 0 aliphatic carbocycles. The summed E-state index contributed by atoms with van der Waals surface area (Å²) < 4.78 is 0. The lowest BCUT2D eigenvalue weighted by Crippen LogP contribution is -2.56. The minimum absolute atomic E-state index is 0.0503. The molecule has 0 saturated carbocycles. The molecule has 0 fully saturated rings. The van der Waals surface area contributed by atoms with Gasteiger partial charge in [0.15, 0.2) is 5.03 Å². The van der Waals surface area contributed by atoms with E-state index >= 15 is 0 Å². The number of rotatable bonds is 14. The van der Waals surface area contributed by atoms with Gasteiger partial charge in [0.25, 0.3) is 0 Å². The number of nitrogens with two attached hydrogens (primary N) is 2. The average Bonchev–Trinajstić information content (AvgIpc) is 2.71. The number of nitrogens with one attached hydrogen (secondary N) is 2. The monoisotopic (exact) mass is 500 g/mol. The second-order valence-corrected chi connectivity index (χ2v) is 10.7. The quantitative estimate of drug-likeness (QED) is 0.167. The van der Waals surface area contributed by atoms with E-state index < -0.39 is 40.8 Å². The first-order valence-electron chi connectivity index (χ1n) is 10.5. The van der Waals surface area contributed by atoms with Crippen molar-refractivity contribution in [2.24, 2.45) is 23.3 Å². The Morgan fingerprint density at radius 2 is 1.70 bits per heavy atom. The summed E-state index contributed by atoms with van der Waals surface area (Å²) in [6, 6.07) is 0.100. The van der Waals surface area contributed by atoms with Crippen molar-refractivity contribution in [3.63, 3.8) is 0 Å². The standard InChI is InChI=1S/C20H32N6O5S2/c1-11(2)8-13(21)18(28)24-14(9-12(3)4)19(29)25-15(17(22)27)10-32-33-20-16(26(30)31)6-5-7-23-20/h5-7,11-15H,8-10,21H2,1-4H3,(H2,22,27)(H,24,28)(H,25,29)/t13-,14-,15-/m0/s1.